The van der Waals surface area contributed by atoms with E-state index in [2.05, 4.69) is 32.3 Å². The fourth-order valence-electron chi connectivity index (χ4n) is 2.75. The Morgan fingerprint density at radius 1 is 1.26 bits per heavy atom. The molecule has 0 fully saturated rings. The molecule has 2 nitrogen and oxygen atoms in total. The minimum Gasteiger partial charge on any atom is -0.271 e. The predicted molar refractivity (Wildman–Crippen MR) is 84.3 cm³/mol. The number of nitrogens with two attached hydrogens (primary N) is 1. The van der Waals surface area contributed by atoms with Gasteiger partial charge < -0.3 is 0 Å². The zero-order chi connectivity index (χ0) is 13.9. The molecule has 1 unspecified atom stereocenters. The maximum Gasteiger partial charge on any atom is 0.0553 e. The van der Waals surface area contributed by atoms with Crippen LogP contribution in [0.2, 0.25) is 0 Å². The molecule has 1 aliphatic carbocycles. The lowest BCUT2D eigenvalue weighted by atomic mass is 9.88. The second-order valence-corrected chi connectivity index (χ2v) is 8.14. The molecule has 2 rings (SSSR count). The van der Waals surface area contributed by atoms with Crippen molar-refractivity contribution < 1.29 is 0 Å². The summed E-state index contributed by atoms with van der Waals surface area (Å²) < 4.78 is 0. The van der Waals surface area contributed by atoms with Gasteiger partial charge in [0, 0.05) is 9.75 Å². The molecule has 3 N–H and O–H groups in total. The maximum atomic E-state index is 5.78. The fraction of sp³-hybridized carbons (Fsp3) is 0.750. The van der Waals surface area contributed by atoms with E-state index in [1.165, 1.54) is 43.4 Å². The van der Waals surface area contributed by atoms with Crippen molar-refractivity contribution in [3.8, 4) is 0 Å². The van der Waals surface area contributed by atoms with E-state index >= 15 is 0 Å². The van der Waals surface area contributed by atoms with Crippen molar-refractivity contribution in [3.63, 3.8) is 0 Å². The first-order chi connectivity index (χ1) is 8.99. The van der Waals surface area contributed by atoms with Gasteiger partial charge in [-0.3, -0.25) is 11.3 Å². The second kappa shape index (κ2) is 6.38. The van der Waals surface area contributed by atoms with Crippen molar-refractivity contribution in [2.45, 2.75) is 71.8 Å². The van der Waals surface area contributed by atoms with Crippen LogP contribution in [0.4, 0.5) is 0 Å². The monoisotopic (exact) mass is 280 g/mol. The van der Waals surface area contributed by atoms with Crippen LogP contribution in [0, 0.1) is 5.41 Å². The maximum absolute atomic E-state index is 5.78. The lowest BCUT2D eigenvalue weighted by Gasteiger charge is -2.22. The first-order valence-electron chi connectivity index (χ1n) is 7.57. The first-order valence-corrected chi connectivity index (χ1v) is 8.39. The standard InChI is InChI=1S/C16H28N2S/c1-16(2,3)10-9-13(18-17)15-11-12-7-5-4-6-8-14(12)19-15/h11,13,18H,4-10,17H2,1-3H3. The van der Waals surface area contributed by atoms with Gasteiger partial charge >= 0.3 is 0 Å². The van der Waals surface area contributed by atoms with Crippen LogP contribution in [0.3, 0.4) is 0 Å². The number of hydrazine groups is 1. The highest BCUT2D eigenvalue weighted by Crippen LogP contribution is 2.35. The molecule has 1 aromatic heterocycles. The zero-order valence-electron chi connectivity index (χ0n) is 12.6. The van der Waals surface area contributed by atoms with Gasteiger partial charge in [-0.15, -0.1) is 11.3 Å². The molecule has 0 aliphatic heterocycles. The number of rotatable bonds is 4. The molecule has 1 aliphatic rings. The SMILES string of the molecule is CC(C)(C)CCC(NN)c1cc2c(s1)CCCCC2. The van der Waals surface area contributed by atoms with Crippen LogP contribution in [0.25, 0.3) is 0 Å². The van der Waals surface area contributed by atoms with Crippen LogP contribution in [0.5, 0.6) is 0 Å². The molecule has 3 heteroatoms. The van der Waals surface area contributed by atoms with Crippen LogP contribution in [-0.2, 0) is 12.8 Å². The Hall–Kier alpha value is -0.380. The van der Waals surface area contributed by atoms with Gasteiger partial charge in [0.2, 0.25) is 0 Å². The summed E-state index contributed by atoms with van der Waals surface area (Å²) in [6.07, 6.45) is 8.96. The van der Waals surface area contributed by atoms with Crippen LogP contribution >= 0.6 is 11.3 Å². The molecule has 19 heavy (non-hydrogen) atoms. The van der Waals surface area contributed by atoms with E-state index < -0.39 is 0 Å². The molecule has 0 saturated heterocycles. The second-order valence-electron chi connectivity index (χ2n) is 6.98. The van der Waals surface area contributed by atoms with E-state index in [-0.39, 0.29) is 0 Å². The molecular weight excluding hydrogens is 252 g/mol. The van der Waals surface area contributed by atoms with Gasteiger partial charge in [-0.2, -0.15) is 0 Å². The first kappa shape index (κ1) is 15.0. The molecular formula is C16H28N2S. The molecule has 0 amide bonds. The van der Waals surface area contributed by atoms with E-state index in [4.69, 9.17) is 5.84 Å². The zero-order valence-corrected chi connectivity index (χ0v) is 13.4. The number of hydrogen-bond acceptors (Lipinski definition) is 3. The lowest BCUT2D eigenvalue weighted by Crippen LogP contribution is -2.28. The average molecular weight is 280 g/mol. The number of aryl methyl sites for hydroxylation is 2. The summed E-state index contributed by atoms with van der Waals surface area (Å²) in [6.45, 7) is 6.89. The summed E-state index contributed by atoms with van der Waals surface area (Å²) in [5.74, 6) is 5.78. The van der Waals surface area contributed by atoms with E-state index in [0.717, 1.165) is 6.42 Å². The van der Waals surface area contributed by atoms with Crippen LogP contribution < -0.4 is 11.3 Å². The number of hydrogen-bond donors (Lipinski definition) is 2. The predicted octanol–water partition coefficient (Wildman–Crippen LogP) is 4.35. The Bertz CT molecular complexity index is 380. The van der Waals surface area contributed by atoms with Crippen LogP contribution in [-0.4, -0.2) is 0 Å². The Kier molecular flexibility index (Phi) is 5.04. The van der Waals surface area contributed by atoms with Crippen molar-refractivity contribution in [3.05, 3.63) is 21.4 Å². The third-order valence-corrected chi connectivity index (χ3v) is 5.34. The van der Waals surface area contributed by atoms with E-state index in [0.29, 0.717) is 11.5 Å². The van der Waals surface area contributed by atoms with E-state index in [1.807, 2.05) is 11.3 Å². The third kappa shape index (κ3) is 4.30. The molecule has 0 bridgehead atoms. The average Bonchev–Trinajstić information content (AvgIpc) is 2.60. The highest BCUT2D eigenvalue weighted by Gasteiger charge is 2.20. The Morgan fingerprint density at radius 2 is 2.00 bits per heavy atom. The third-order valence-electron chi connectivity index (χ3n) is 3.99. The van der Waals surface area contributed by atoms with Gasteiger partial charge in [0.25, 0.3) is 0 Å². The molecule has 0 saturated carbocycles. The van der Waals surface area contributed by atoms with Gasteiger partial charge in [0.1, 0.15) is 0 Å². The van der Waals surface area contributed by atoms with E-state index in [9.17, 15) is 0 Å². The summed E-state index contributed by atoms with van der Waals surface area (Å²) in [5.41, 5.74) is 5.00. The topological polar surface area (TPSA) is 38.0 Å². The van der Waals surface area contributed by atoms with Crippen molar-refractivity contribution in [2.75, 3.05) is 0 Å². The van der Waals surface area contributed by atoms with Gasteiger partial charge in [-0.1, -0.05) is 27.2 Å². The number of fused-ring (bicyclic) bond motifs is 1. The highest BCUT2D eigenvalue weighted by molar-refractivity contribution is 7.12. The van der Waals surface area contributed by atoms with Gasteiger partial charge in [-0.25, -0.2) is 0 Å². The molecule has 108 valence electrons. The van der Waals surface area contributed by atoms with Gasteiger partial charge in [-0.05, 0) is 55.6 Å². The Balaban J connectivity index is 2.06. The quantitative estimate of drug-likeness (QED) is 0.489. The summed E-state index contributed by atoms with van der Waals surface area (Å²) in [7, 11) is 0. The highest BCUT2D eigenvalue weighted by atomic mass is 32.1. The molecule has 1 aromatic rings. The molecule has 1 atom stereocenters. The van der Waals surface area contributed by atoms with Gasteiger partial charge in [0.05, 0.1) is 6.04 Å². The van der Waals surface area contributed by atoms with Crippen molar-refractivity contribution >= 4 is 11.3 Å². The number of nitrogens with one attached hydrogen (secondary N) is 1. The number of thiophene rings is 1. The normalized spacial score (nSPS) is 17.9. The lowest BCUT2D eigenvalue weighted by molar-refractivity contribution is 0.335. The van der Waals surface area contributed by atoms with Crippen molar-refractivity contribution in [1.82, 2.24) is 5.43 Å². The Labute approximate surface area is 121 Å². The van der Waals surface area contributed by atoms with Crippen molar-refractivity contribution in [1.29, 1.82) is 0 Å². The minimum absolute atomic E-state index is 0.330. The summed E-state index contributed by atoms with van der Waals surface area (Å²) >= 11 is 1.99. The van der Waals surface area contributed by atoms with Crippen LogP contribution in [0.15, 0.2) is 6.07 Å². The summed E-state index contributed by atoms with van der Waals surface area (Å²) in [5, 5.41) is 0. The molecule has 0 aromatic carbocycles. The Morgan fingerprint density at radius 3 is 2.68 bits per heavy atom. The smallest absolute Gasteiger partial charge is 0.0553 e. The van der Waals surface area contributed by atoms with Gasteiger partial charge in [0.15, 0.2) is 0 Å². The molecule has 0 spiro atoms. The minimum atomic E-state index is 0.330. The fourth-order valence-corrected chi connectivity index (χ4v) is 4.10. The molecule has 1 heterocycles. The largest absolute Gasteiger partial charge is 0.271 e. The summed E-state index contributed by atoms with van der Waals surface area (Å²) in [6, 6.07) is 2.74. The summed E-state index contributed by atoms with van der Waals surface area (Å²) in [4.78, 5) is 3.06. The molecule has 0 radical (unpaired) electrons. The van der Waals surface area contributed by atoms with Crippen LogP contribution in [0.1, 0.15) is 74.2 Å². The van der Waals surface area contributed by atoms with E-state index in [1.54, 1.807) is 10.4 Å². The van der Waals surface area contributed by atoms with Crippen molar-refractivity contribution in [2.24, 2.45) is 11.3 Å².